The van der Waals surface area contributed by atoms with Crippen molar-refractivity contribution >= 4 is 29.2 Å². The van der Waals surface area contributed by atoms with E-state index in [1.165, 1.54) is 18.0 Å². The highest BCUT2D eigenvalue weighted by Gasteiger charge is 2.11. The highest BCUT2D eigenvalue weighted by Crippen LogP contribution is 2.21. The summed E-state index contributed by atoms with van der Waals surface area (Å²) in [5, 5.41) is 10.2. The predicted molar refractivity (Wildman–Crippen MR) is 73.9 cm³/mol. The van der Waals surface area contributed by atoms with Crippen molar-refractivity contribution in [3.63, 3.8) is 0 Å². The Kier molecular flexibility index (Phi) is 4.00. The van der Waals surface area contributed by atoms with Crippen molar-refractivity contribution in [1.29, 1.82) is 0 Å². The summed E-state index contributed by atoms with van der Waals surface area (Å²) in [6, 6.07) is 0. The number of rotatable bonds is 4. The van der Waals surface area contributed by atoms with Crippen molar-refractivity contribution in [1.82, 2.24) is 20.2 Å². The Morgan fingerprint density at radius 1 is 1.42 bits per heavy atom. The lowest BCUT2D eigenvalue weighted by Gasteiger charge is -2.05. The molecule has 0 bridgehead atoms. The van der Waals surface area contributed by atoms with Gasteiger partial charge in [0.1, 0.15) is 5.03 Å². The van der Waals surface area contributed by atoms with E-state index in [9.17, 15) is 4.79 Å². The third-order valence-corrected chi connectivity index (χ3v) is 3.42. The standard InChI is InChI=1S/C11H14N6OS/c1-6-9(7(2)17-16-6)15-8(18)5-19-11-10(12)13-3-4-14-11/h3-4H,5H2,1-2H3,(H2,12,13)(H,15,18)(H,16,17). The molecule has 0 aliphatic carbocycles. The Morgan fingerprint density at radius 2 is 2.16 bits per heavy atom. The van der Waals surface area contributed by atoms with Crippen LogP contribution in [0.25, 0.3) is 0 Å². The molecule has 8 heteroatoms. The molecule has 0 spiro atoms. The molecule has 100 valence electrons. The minimum Gasteiger partial charge on any atom is -0.381 e. The number of amides is 1. The average Bonchev–Trinajstić information content (AvgIpc) is 2.70. The van der Waals surface area contributed by atoms with Gasteiger partial charge in [-0.25, -0.2) is 9.97 Å². The van der Waals surface area contributed by atoms with Crippen LogP contribution in [0.1, 0.15) is 11.4 Å². The molecule has 0 fully saturated rings. The maximum atomic E-state index is 11.8. The van der Waals surface area contributed by atoms with Gasteiger partial charge in [0.2, 0.25) is 5.91 Å². The van der Waals surface area contributed by atoms with Crippen LogP contribution in [-0.2, 0) is 4.79 Å². The van der Waals surface area contributed by atoms with Gasteiger partial charge in [0.25, 0.3) is 0 Å². The smallest absolute Gasteiger partial charge is 0.234 e. The third kappa shape index (κ3) is 3.22. The number of nitrogens with zero attached hydrogens (tertiary/aromatic N) is 3. The van der Waals surface area contributed by atoms with E-state index >= 15 is 0 Å². The number of hydrogen-bond donors (Lipinski definition) is 3. The van der Waals surface area contributed by atoms with E-state index < -0.39 is 0 Å². The van der Waals surface area contributed by atoms with Gasteiger partial charge in [-0.1, -0.05) is 11.8 Å². The van der Waals surface area contributed by atoms with E-state index in [0.717, 1.165) is 17.1 Å². The number of H-pyrrole nitrogens is 1. The molecule has 0 aliphatic heterocycles. The number of aromatic amines is 1. The second kappa shape index (κ2) is 5.70. The summed E-state index contributed by atoms with van der Waals surface area (Å²) in [4.78, 5) is 19.8. The quantitative estimate of drug-likeness (QED) is 0.723. The molecule has 0 aliphatic rings. The highest BCUT2D eigenvalue weighted by molar-refractivity contribution is 8.00. The van der Waals surface area contributed by atoms with Crippen LogP contribution in [-0.4, -0.2) is 31.8 Å². The van der Waals surface area contributed by atoms with Gasteiger partial charge in [-0.15, -0.1) is 0 Å². The van der Waals surface area contributed by atoms with Crippen molar-refractivity contribution in [3.05, 3.63) is 23.8 Å². The molecule has 0 saturated heterocycles. The van der Waals surface area contributed by atoms with Crippen LogP contribution in [0.3, 0.4) is 0 Å². The third-order valence-electron chi connectivity index (χ3n) is 2.42. The van der Waals surface area contributed by atoms with E-state index in [1.807, 2.05) is 13.8 Å². The van der Waals surface area contributed by atoms with E-state index in [-0.39, 0.29) is 11.7 Å². The number of thioether (sulfide) groups is 1. The zero-order valence-electron chi connectivity index (χ0n) is 10.6. The monoisotopic (exact) mass is 278 g/mol. The van der Waals surface area contributed by atoms with Gasteiger partial charge in [-0.2, -0.15) is 5.10 Å². The van der Waals surface area contributed by atoms with Crippen LogP contribution >= 0.6 is 11.8 Å². The Balaban J connectivity index is 1.94. The predicted octanol–water partition coefficient (Wildman–Crippen LogP) is 1.13. The van der Waals surface area contributed by atoms with E-state index in [2.05, 4.69) is 25.5 Å². The fraction of sp³-hybridized carbons (Fsp3) is 0.273. The maximum Gasteiger partial charge on any atom is 0.234 e. The zero-order chi connectivity index (χ0) is 13.8. The molecule has 2 rings (SSSR count). The molecule has 4 N–H and O–H groups in total. The number of carbonyl (C=O) groups excluding carboxylic acids is 1. The first-order chi connectivity index (χ1) is 9.08. The van der Waals surface area contributed by atoms with Gasteiger partial charge in [0, 0.05) is 12.4 Å². The first-order valence-electron chi connectivity index (χ1n) is 5.58. The fourth-order valence-corrected chi connectivity index (χ4v) is 2.17. The second-order valence-corrected chi connectivity index (χ2v) is 4.86. The topological polar surface area (TPSA) is 110 Å². The van der Waals surface area contributed by atoms with E-state index in [4.69, 9.17) is 5.73 Å². The van der Waals surface area contributed by atoms with Crippen molar-refractivity contribution in [3.8, 4) is 0 Å². The Morgan fingerprint density at radius 3 is 2.79 bits per heavy atom. The lowest BCUT2D eigenvalue weighted by Crippen LogP contribution is -2.15. The van der Waals surface area contributed by atoms with Gasteiger partial charge < -0.3 is 11.1 Å². The summed E-state index contributed by atoms with van der Waals surface area (Å²) in [6.07, 6.45) is 3.05. The summed E-state index contributed by atoms with van der Waals surface area (Å²) in [5.74, 6) is 0.408. The summed E-state index contributed by atoms with van der Waals surface area (Å²) >= 11 is 1.25. The first-order valence-corrected chi connectivity index (χ1v) is 6.57. The lowest BCUT2D eigenvalue weighted by atomic mass is 10.3. The van der Waals surface area contributed by atoms with Crippen LogP contribution < -0.4 is 11.1 Å². The molecule has 2 aromatic heterocycles. The minimum absolute atomic E-state index is 0.136. The minimum atomic E-state index is -0.136. The molecule has 2 aromatic rings. The molecule has 7 nitrogen and oxygen atoms in total. The molecule has 2 heterocycles. The molecule has 0 unspecified atom stereocenters. The molecule has 0 atom stereocenters. The number of nitrogens with two attached hydrogens (primary N) is 1. The fourth-order valence-electron chi connectivity index (χ4n) is 1.49. The van der Waals surface area contributed by atoms with Crippen LogP contribution in [0.2, 0.25) is 0 Å². The van der Waals surface area contributed by atoms with Crippen molar-refractivity contribution in [2.24, 2.45) is 0 Å². The largest absolute Gasteiger partial charge is 0.381 e. The second-order valence-electron chi connectivity index (χ2n) is 3.89. The maximum absolute atomic E-state index is 11.8. The average molecular weight is 278 g/mol. The Hall–Kier alpha value is -2.09. The van der Waals surface area contributed by atoms with Crippen molar-refractivity contribution in [2.45, 2.75) is 18.9 Å². The van der Waals surface area contributed by atoms with Crippen LogP contribution in [0.5, 0.6) is 0 Å². The lowest BCUT2D eigenvalue weighted by molar-refractivity contribution is -0.113. The number of anilines is 2. The molecule has 1 amide bonds. The van der Waals surface area contributed by atoms with Gasteiger partial charge in [-0.3, -0.25) is 9.89 Å². The number of carbonyl (C=O) groups is 1. The summed E-state index contributed by atoms with van der Waals surface area (Å²) in [6.45, 7) is 3.68. The summed E-state index contributed by atoms with van der Waals surface area (Å²) < 4.78 is 0. The molecular formula is C11H14N6OS. The van der Waals surface area contributed by atoms with E-state index in [0.29, 0.717) is 10.8 Å². The van der Waals surface area contributed by atoms with Crippen molar-refractivity contribution < 1.29 is 4.79 Å². The SMILES string of the molecule is Cc1n[nH]c(C)c1NC(=O)CSc1nccnc1N. The van der Waals surface area contributed by atoms with Gasteiger partial charge in [-0.05, 0) is 13.8 Å². The van der Waals surface area contributed by atoms with Gasteiger partial charge in [0.15, 0.2) is 5.82 Å². The Bertz CT molecular complexity index is 577. The molecular weight excluding hydrogens is 264 g/mol. The molecule has 19 heavy (non-hydrogen) atoms. The number of nitrogen functional groups attached to an aromatic ring is 1. The first kappa shape index (κ1) is 13.3. The number of aryl methyl sites for hydroxylation is 2. The molecule has 0 aromatic carbocycles. The summed E-state index contributed by atoms with van der Waals surface area (Å²) in [5.41, 5.74) is 7.96. The highest BCUT2D eigenvalue weighted by atomic mass is 32.2. The van der Waals surface area contributed by atoms with Crippen LogP contribution in [0.4, 0.5) is 11.5 Å². The Labute approximate surface area is 114 Å². The van der Waals surface area contributed by atoms with Crippen LogP contribution in [0, 0.1) is 13.8 Å². The number of hydrogen-bond acceptors (Lipinski definition) is 6. The van der Waals surface area contributed by atoms with E-state index in [1.54, 1.807) is 6.20 Å². The van der Waals surface area contributed by atoms with Gasteiger partial charge in [0.05, 0.1) is 22.8 Å². The van der Waals surface area contributed by atoms with Gasteiger partial charge >= 0.3 is 0 Å². The zero-order valence-corrected chi connectivity index (χ0v) is 11.4. The normalized spacial score (nSPS) is 10.4. The summed E-state index contributed by atoms with van der Waals surface area (Å²) in [7, 11) is 0. The molecule has 0 radical (unpaired) electrons. The molecule has 0 saturated carbocycles. The van der Waals surface area contributed by atoms with Crippen molar-refractivity contribution in [2.75, 3.05) is 16.8 Å². The number of aromatic nitrogens is 4. The number of nitrogens with one attached hydrogen (secondary N) is 2. The van der Waals surface area contributed by atoms with Crippen LogP contribution in [0.15, 0.2) is 17.4 Å².